The van der Waals surface area contributed by atoms with Crippen LogP contribution in [0.5, 0.6) is 0 Å². The van der Waals surface area contributed by atoms with Crippen molar-refractivity contribution in [1.29, 1.82) is 0 Å². The molecule has 2 heteroatoms. The number of rotatable bonds is 2. The van der Waals surface area contributed by atoms with Gasteiger partial charge in [-0.15, -0.1) is 0 Å². The number of carbonyl (C=O) groups excluding carboxylic acids is 1. The highest BCUT2D eigenvalue weighted by atomic mass is 16.2. The Labute approximate surface area is 160 Å². The lowest BCUT2D eigenvalue weighted by Crippen LogP contribution is -2.49. The Kier molecular flexibility index (Phi) is 4.19. The molecule has 0 unspecified atom stereocenters. The van der Waals surface area contributed by atoms with Crippen molar-refractivity contribution >= 4 is 17.2 Å². The molecule has 134 valence electrons. The third kappa shape index (κ3) is 2.97. The number of carbonyl (C=O) groups is 1. The van der Waals surface area contributed by atoms with Crippen molar-refractivity contribution in [2.75, 3.05) is 4.90 Å². The lowest BCUT2D eigenvalue weighted by atomic mass is 9.87. The number of benzene rings is 3. The molecule has 1 amide bonds. The molecular formula is C25H23NO. The van der Waals surface area contributed by atoms with Crippen LogP contribution < -0.4 is 4.90 Å². The lowest BCUT2D eigenvalue weighted by molar-refractivity contribution is 0.0970. The summed E-state index contributed by atoms with van der Waals surface area (Å²) in [5.41, 5.74) is 5.62. The number of hydrogen-bond acceptors (Lipinski definition) is 1. The average Bonchev–Trinajstić information content (AvgIpc) is 2.68. The van der Waals surface area contributed by atoms with Crippen LogP contribution in [-0.4, -0.2) is 11.4 Å². The van der Waals surface area contributed by atoms with Crippen molar-refractivity contribution in [2.24, 2.45) is 0 Å². The van der Waals surface area contributed by atoms with Crippen molar-refractivity contribution in [1.82, 2.24) is 0 Å². The molecule has 1 heterocycles. The van der Waals surface area contributed by atoms with E-state index in [0.717, 1.165) is 27.9 Å². The van der Waals surface area contributed by atoms with E-state index in [1.165, 1.54) is 5.57 Å². The van der Waals surface area contributed by atoms with Gasteiger partial charge in [0.2, 0.25) is 0 Å². The van der Waals surface area contributed by atoms with Gasteiger partial charge >= 0.3 is 0 Å². The molecule has 4 rings (SSSR count). The fourth-order valence-corrected chi connectivity index (χ4v) is 4.02. The van der Waals surface area contributed by atoms with Crippen LogP contribution in [0.2, 0.25) is 0 Å². The van der Waals surface area contributed by atoms with Gasteiger partial charge in [0, 0.05) is 11.1 Å². The molecule has 0 saturated carbocycles. The summed E-state index contributed by atoms with van der Waals surface area (Å²) in [6, 6.07) is 26.1. The Hall–Kier alpha value is -3.13. The second-order valence-corrected chi connectivity index (χ2v) is 7.55. The van der Waals surface area contributed by atoms with Gasteiger partial charge in [-0.25, -0.2) is 0 Å². The predicted molar refractivity (Wildman–Crippen MR) is 113 cm³/mol. The van der Waals surface area contributed by atoms with Crippen LogP contribution >= 0.6 is 0 Å². The third-order valence-electron chi connectivity index (χ3n) is 5.16. The van der Waals surface area contributed by atoms with Gasteiger partial charge in [-0.05, 0) is 49.6 Å². The van der Waals surface area contributed by atoms with E-state index in [1.54, 1.807) is 0 Å². The molecule has 1 aliphatic heterocycles. The summed E-state index contributed by atoms with van der Waals surface area (Å²) in [4.78, 5) is 15.7. The van der Waals surface area contributed by atoms with E-state index < -0.39 is 5.54 Å². The number of nitrogens with zero attached hydrogens (tertiary/aromatic N) is 1. The van der Waals surface area contributed by atoms with E-state index in [4.69, 9.17) is 0 Å². The summed E-state index contributed by atoms with van der Waals surface area (Å²) < 4.78 is 0. The van der Waals surface area contributed by atoms with Gasteiger partial charge < -0.3 is 0 Å². The molecule has 3 aromatic carbocycles. The Morgan fingerprint density at radius 1 is 0.778 bits per heavy atom. The van der Waals surface area contributed by atoms with Crippen molar-refractivity contribution in [3.05, 3.63) is 96.1 Å². The van der Waals surface area contributed by atoms with Crippen molar-refractivity contribution in [2.45, 2.75) is 26.3 Å². The van der Waals surface area contributed by atoms with Crippen molar-refractivity contribution < 1.29 is 4.79 Å². The molecule has 0 radical (unpaired) electrons. The van der Waals surface area contributed by atoms with Gasteiger partial charge in [0.25, 0.3) is 5.91 Å². The van der Waals surface area contributed by atoms with Crippen LogP contribution in [0.1, 0.15) is 36.7 Å². The minimum absolute atomic E-state index is 0.0238. The van der Waals surface area contributed by atoms with Crippen molar-refractivity contribution in [3.63, 3.8) is 0 Å². The zero-order valence-electron chi connectivity index (χ0n) is 15.9. The quantitative estimate of drug-likeness (QED) is 0.537. The minimum atomic E-state index is -0.403. The zero-order valence-corrected chi connectivity index (χ0v) is 15.9. The maximum absolute atomic E-state index is 13.8. The highest BCUT2D eigenvalue weighted by molar-refractivity contribution is 6.13. The molecule has 0 aliphatic carbocycles. The number of hydrogen-bond donors (Lipinski definition) is 0. The van der Waals surface area contributed by atoms with Crippen LogP contribution in [0.15, 0.2) is 84.9 Å². The summed E-state index contributed by atoms with van der Waals surface area (Å²) in [6.45, 7) is 6.30. The van der Waals surface area contributed by atoms with E-state index in [9.17, 15) is 4.79 Å². The maximum atomic E-state index is 13.8. The molecule has 0 aromatic heterocycles. The third-order valence-corrected chi connectivity index (χ3v) is 5.16. The van der Waals surface area contributed by atoms with E-state index in [0.29, 0.717) is 0 Å². The summed E-state index contributed by atoms with van der Waals surface area (Å²) in [5, 5.41) is 0. The summed E-state index contributed by atoms with van der Waals surface area (Å²) >= 11 is 0. The maximum Gasteiger partial charge on any atom is 0.259 e. The number of fused-ring (bicyclic) bond motifs is 1. The van der Waals surface area contributed by atoms with Gasteiger partial charge in [0.15, 0.2) is 0 Å². The van der Waals surface area contributed by atoms with Gasteiger partial charge in [-0.2, -0.15) is 0 Å². The largest absolute Gasteiger partial charge is 0.299 e. The van der Waals surface area contributed by atoms with Crippen LogP contribution in [0.3, 0.4) is 0 Å². The zero-order chi connectivity index (χ0) is 19.0. The molecule has 27 heavy (non-hydrogen) atoms. The second-order valence-electron chi connectivity index (χ2n) is 7.55. The van der Waals surface area contributed by atoms with E-state index >= 15 is 0 Å². The molecule has 0 N–H and O–H groups in total. The Balaban J connectivity index is 1.87. The Bertz CT molecular complexity index is 1030. The average molecular weight is 353 g/mol. The first-order chi connectivity index (χ1) is 13.0. The molecule has 0 spiro atoms. The van der Waals surface area contributed by atoms with E-state index in [-0.39, 0.29) is 5.91 Å². The normalized spacial score (nSPS) is 15.1. The van der Waals surface area contributed by atoms with Crippen LogP contribution in [0, 0.1) is 0 Å². The van der Waals surface area contributed by atoms with Gasteiger partial charge in [-0.1, -0.05) is 72.8 Å². The van der Waals surface area contributed by atoms with Crippen LogP contribution in [0.25, 0.3) is 16.7 Å². The summed E-state index contributed by atoms with van der Waals surface area (Å²) in [6.07, 6.45) is 2.18. The fourth-order valence-electron chi connectivity index (χ4n) is 4.02. The standard InChI is InChI=1S/C25H23NO/c1-18-17-25(2,3)26(23-16-10-9-13-20(18)23)24(27)22-15-8-7-14-21(22)19-11-5-4-6-12-19/h4-17H,1-3H3. The Morgan fingerprint density at radius 2 is 1.37 bits per heavy atom. The van der Waals surface area contributed by atoms with Gasteiger partial charge in [0.05, 0.1) is 11.2 Å². The fraction of sp³-hybridized carbons (Fsp3) is 0.160. The lowest BCUT2D eigenvalue weighted by Gasteiger charge is -2.41. The molecule has 1 aliphatic rings. The smallest absolute Gasteiger partial charge is 0.259 e. The topological polar surface area (TPSA) is 20.3 Å². The molecule has 0 atom stereocenters. The first-order valence-electron chi connectivity index (χ1n) is 9.27. The van der Waals surface area contributed by atoms with Crippen LogP contribution in [-0.2, 0) is 0 Å². The number of allylic oxidation sites excluding steroid dienone is 1. The first-order valence-corrected chi connectivity index (χ1v) is 9.27. The second kappa shape index (κ2) is 6.55. The van der Waals surface area contributed by atoms with E-state index in [2.05, 4.69) is 32.9 Å². The van der Waals surface area contributed by atoms with Crippen molar-refractivity contribution in [3.8, 4) is 11.1 Å². The monoisotopic (exact) mass is 353 g/mol. The molecular weight excluding hydrogens is 330 g/mol. The SMILES string of the molecule is CC1=CC(C)(C)N(C(=O)c2ccccc2-c2ccccc2)c2ccccc21. The Morgan fingerprint density at radius 3 is 2.11 bits per heavy atom. The van der Waals surface area contributed by atoms with Crippen LogP contribution in [0.4, 0.5) is 5.69 Å². The molecule has 0 saturated heterocycles. The number of para-hydroxylation sites is 1. The van der Waals surface area contributed by atoms with Gasteiger partial charge in [0.1, 0.15) is 0 Å². The minimum Gasteiger partial charge on any atom is -0.299 e. The molecule has 0 fully saturated rings. The van der Waals surface area contributed by atoms with E-state index in [1.807, 2.05) is 77.7 Å². The summed E-state index contributed by atoms with van der Waals surface area (Å²) in [7, 11) is 0. The van der Waals surface area contributed by atoms with Gasteiger partial charge in [-0.3, -0.25) is 9.69 Å². The number of amides is 1. The predicted octanol–water partition coefficient (Wildman–Crippen LogP) is 6.20. The summed E-state index contributed by atoms with van der Waals surface area (Å²) in [5.74, 6) is 0.0238. The highest BCUT2D eigenvalue weighted by Crippen LogP contribution is 2.40. The first kappa shape index (κ1) is 17.3. The molecule has 0 bridgehead atoms. The molecule has 2 nitrogen and oxygen atoms in total. The highest BCUT2D eigenvalue weighted by Gasteiger charge is 2.36. The number of anilines is 1. The molecule has 3 aromatic rings.